The van der Waals surface area contributed by atoms with E-state index in [1.54, 1.807) is 17.0 Å². The Balaban J connectivity index is 1.91. The van der Waals surface area contributed by atoms with Gasteiger partial charge in [0.25, 0.3) is 5.91 Å². The number of nitrogens with zero attached hydrogens (tertiary/aromatic N) is 2. The Kier molecular flexibility index (Phi) is 8.14. The van der Waals surface area contributed by atoms with Gasteiger partial charge in [0.05, 0.1) is 4.91 Å². The highest BCUT2D eigenvalue weighted by Crippen LogP contribution is 2.36. The molecule has 1 amide bonds. The van der Waals surface area contributed by atoms with Gasteiger partial charge in [-0.05, 0) is 75.9 Å². The molecule has 2 aromatic rings. The number of amides is 1. The zero-order chi connectivity index (χ0) is 22.7. The fourth-order valence-electron chi connectivity index (χ4n) is 2.95. The number of carbonyl (C=O) groups is 1. The van der Waals surface area contributed by atoms with E-state index < -0.39 is 0 Å². The molecule has 31 heavy (non-hydrogen) atoms. The van der Waals surface area contributed by atoms with Crippen molar-refractivity contribution in [2.45, 2.75) is 46.4 Å². The van der Waals surface area contributed by atoms with Crippen LogP contribution in [0.4, 0.5) is 0 Å². The maximum atomic E-state index is 13.1. The first kappa shape index (κ1) is 24.2. The van der Waals surface area contributed by atoms with Gasteiger partial charge in [-0.3, -0.25) is 14.7 Å². The minimum absolute atomic E-state index is 0.0219. The van der Waals surface area contributed by atoms with Crippen LogP contribution in [0.25, 0.3) is 6.08 Å². The van der Waals surface area contributed by atoms with Gasteiger partial charge >= 0.3 is 0 Å². The van der Waals surface area contributed by atoms with E-state index in [4.69, 9.17) is 27.9 Å². The number of ether oxygens (including phenoxy) is 1. The molecule has 0 radical (unpaired) electrons. The van der Waals surface area contributed by atoms with E-state index >= 15 is 0 Å². The maximum absolute atomic E-state index is 13.1. The predicted molar refractivity (Wildman–Crippen MR) is 135 cm³/mol. The second kappa shape index (κ2) is 10.4. The molecule has 0 N–H and O–H groups in total. The monoisotopic (exact) mass is 540 g/mol. The molecule has 8 heteroatoms. The number of thioether (sulfide) groups is 1. The standard InChI is InChI=1S/C23H23BrCl2N2O2S/c1-13(2)27-23-28(14(3)4)22(29)21(31-23)10-16-9-17(24)6-8-20(16)30-12-15-5-7-18(25)11-19(15)26/h5-11,13-14H,12H2,1-4H3/b21-10+,27-23?. The minimum atomic E-state index is -0.0499. The number of amidine groups is 1. The van der Waals surface area contributed by atoms with Crippen LogP contribution in [-0.4, -0.2) is 28.1 Å². The number of hydrogen-bond acceptors (Lipinski definition) is 4. The summed E-state index contributed by atoms with van der Waals surface area (Å²) < 4.78 is 6.94. The molecule has 1 heterocycles. The molecule has 0 atom stereocenters. The quantitative estimate of drug-likeness (QED) is 0.357. The molecule has 4 nitrogen and oxygen atoms in total. The SMILES string of the molecule is CC(C)N=C1S/C(=C/c2cc(Br)ccc2OCc2ccc(Cl)cc2Cl)C(=O)N1C(C)C. The van der Waals surface area contributed by atoms with E-state index in [1.807, 2.05) is 58.0 Å². The molecule has 0 aromatic heterocycles. The predicted octanol–water partition coefficient (Wildman–Crippen LogP) is 7.42. The molecule has 1 saturated heterocycles. The third-order valence-corrected chi connectivity index (χ3v) is 6.46. The van der Waals surface area contributed by atoms with E-state index in [0.29, 0.717) is 20.7 Å². The zero-order valence-corrected chi connectivity index (χ0v) is 21.6. The van der Waals surface area contributed by atoms with Crippen molar-refractivity contribution < 1.29 is 9.53 Å². The van der Waals surface area contributed by atoms with Gasteiger partial charge in [-0.25, -0.2) is 0 Å². The van der Waals surface area contributed by atoms with Crippen LogP contribution in [0.3, 0.4) is 0 Å². The van der Waals surface area contributed by atoms with Gasteiger partial charge in [0.2, 0.25) is 0 Å². The summed E-state index contributed by atoms with van der Waals surface area (Å²) in [5.41, 5.74) is 1.63. The number of rotatable bonds is 6. The fraction of sp³-hybridized carbons (Fsp3) is 0.304. The smallest absolute Gasteiger partial charge is 0.266 e. The van der Waals surface area contributed by atoms with E-state index in [1.165, 1.54) is 11.8 Å². The lowest BCUT2D eigenvalue weighted by Crippen LogP contribution is -2.35. The summed E-state index contributed by atoms with van der Waals surface area (Å²) in [6.45, 7) is 8.26. The number of hydrogen-bond donors (Lipinski definition) is 0. The average molecular weight is 542 g/mol. The third kappa shape index (κ3) is 6.07. The Morgan fingerprint density at radius 2 is 1.90 bits per heavy atom. The van der Waals surface area contributed by atoms with E-state index in [2.05, 4.69) is 20.9 Å². The summed E-state index contributed by atoms with van der Waals surface area (Å²) in [5, 5.41) is 1.85. The van der Waals surface area contributed by atoms with Crippen LogP contribution in [0.1, 0.15) is 38.8 Å². The second-order valence-electron chi connectivity index (χ2n) is 7.59. The van der Waals surface area contributed by atoms with Crippen molar-refractivity contribution in [1.29, 1.82) is 0 Å². The molecule has 0 saturated carbocycles. The molecule has 0 unspecified atom stereocenters. The normalized spacial score (nSPS) is 16.9. The summed E-state index contributed by atoms with van der Waals surface area (Å²) in [5.74, 6) is 0.603. The Morgan fingerprint density at radius 1 is 1.16 bits per heavy atom. The van der Waals surface area contributed by atoms with Gasteiger partial charge in [0.1, 0.15) is 12.4 Å². The summed E-state index contributed by atoms with van der Waals surface area (Å²) in [6.07, 6.45) is 1.86. The first-order valence-electron chi connectivity index (χ1n) is 9.83. The van der Waals surface area contributed by atoms with Gasteiger partial charge in [-0.15, -0.1) is 0 Å². The van der Waals surface area contributed by atoms with Crippen molar-refractivity contribution in [2.75, 3.05) is 0 Å². The van der Waals surface area contributed by atoms with Crippen LogP contribution in [0.2, 0.25) is 10.0 Å². The second-order valence-corrected chi connectivity index (χ2v) is 10.4. The fourth-order valence-corrected chi connectivity index (χ4v) is 5.02. The van der Waals surface area contributed by atoms with E-state index in [-0.39, 0.29) is 24.6 Å². The van der Waals surface area contributed by atoms with Crippen LogP contribution in [-0.2, 0) is 11.4 Å². The number of halogens is 3. The molecular weight excluding hydrogens is 519 g/mol. The maximum Gasteiger partial charge on any atom is 0.266 e. The number of aliphatic imine (C=N–C) groups is 1. The molecule has 1 aliphatic heterocycles. The highest BCUT2D eigenvalue weighted by Gasteiger charge is 2.35. The molecule has 3 rings (SSSR count). The largest absolute Gasteiger partial charge is 0.488 e. The highest BCUT2D eigenvalue weighted by atomic mass is 79.9. The molecule has 1 fully saturated rings. The van der Waals surface area contributed by atoms with E-state index in [9.17, 15) is 4.79 Å². The topological polar surface area (TPSA) is 41.9 Å². The summed E-state index contributed by atoms with van der Waals surface area (Å²) in [6, 6.07) is 11.1. The van der Waals surface area contributed by atoms with Crippen molar-refractivity contribution in [3.8, 4) is 5.75 Å². The van der Waals surface area contributed by atoms with Gasteiger partial charge < -0.3 is 4.74 Å². The van der Waals surface area contributed by atoms with Gasteiger partial charge in [-0.1, -0.05) is 45.2 Å². The molecule has 2 aromatic carbocycles. The third-order valence-electron chi connectivity index (χ3n) is 4.38. The minimum Gasteiger partial charge on any atom is -0.488 e. The van der Waals surface area contributed by atoms with Gasteiger partial charge in [-0.2, -0.15) is 0 Å². The lowest BCUT2D eigenvalue weighted by molar-refractivity contribution is -0.123. The zero-order valence-electron chi connectivity index (χ0n) is 17.7. The molecule has 164 valence electrons. The Labute approximate surface area is 205 Å². The number of carbonyl (C=O) groups excluding carboxylic acids is 1. The Bertz CT molecular complexity index is 1050. The van der Waals surface area contributed by atoms with E-state index in [0.717, 1.165) is 20.8 Å². The first-order valence-corrected chi connectivity index (χ1v) is 12.2. The molecule has 0 bridgehead atoms. The molecule has 1 aliphatic rings. The summed E-state index contributed by atoms with van der Waals surface area (Å²) in [7, 11) is 0. The lowest BCUT2D eigenvalue weighted by atomic mass is 10.1. The molecule has 0 aliphatic carbocycles. The highest BCUT2D eigenvalue weighted by molar-refractivity contribution is 9.10. The molecular formula is C23H23BrCl2N2O2S. The van der Waals surface area contributed by atoms with Crippen molar-refractivity contribution in [2.24, 2.45) is 4.99 Å². The van der Waals surface area contributed by atoms with Crippen LogP contribution >= 0.6 is 50.9 Å². The lowest BCUT2D eigenvalue weighted by Gasteiger charge is -2.20. The van der Waals surface area contributed by atoms with Gasteiger partial charge in [0, 0.05) is 37.7 Å². The Morgan fingerprint density at radius 3 is 2.55 bits per heavy atom. The van der Waals surface area contributed by atoms with Crippen LogP contribution in [0.5, 0.6) is 5.75 Å². The van der Waals surface area contributed by atoms with Crippen LogP contribution < -0.4 is 4.74 Å². The van der Waals surface area contributed by atoms with Crippen molar-refractivity contribution >= 4 is 68.0 Å². The Hall–Kier alpha value is -1.47. The van der Waals surface area contributed by atoms with Crippen molar-refractivity contribution in [3.63, 3.8) is 0 Å². The van der Waals surface area contributed by atoms with Crippen molar-refractivity contribution in [1.82, 2.24) is 4.90 Å². The van der Waals surface area contributed by atoms with Crippen LogP contribution in [0.15, 0.2) is 50.8 Å². The average Bonchev–Trinajstić information content (AvgIpc) is 2.96. The first-order chi connectivity index (χ1) is 14.7. The summed E-state index contributed by atoms with van der Waals surface area (Å²) >= 11 is 17.1. The summed E-state index contributed by atoms with van der Waals surface area (Å²) in [4.78, 5) is 20.1. The molecule has 0 spiro atoms. The number of benzene rings is 2. The van der Waals surface area contributed by atoms with Crippen LogP contribution in [0, 0.1) is 0 Å². The van der Waals surface area contributed by atoms with Gasteiger partial charge in [0.15, 0.2) is 5.17 Å². The van der Waals surface area contributed by atoms with Crippen molar-refractivity contribution in [3.05, 3.63) is 66.9 Å².